The van der Waals surface area contributed by atoms with Crippen LogP contribution in [0.5, 0.6) is 5.75 Å². The number of furan rings is 1. The molecule has 0 bridgehead atoms. The molecule has 1 heterocycles. The van der Waals surface area contributed by atoms with Crippen LogP contribution < -0.4 is 10.1 Å². The molecule has 4 heteroatoms. The first kappa shape index (κ1) is 12.0. The van der Waals surface area contributed by atoms with Gasteiger partial charge < -0.3 is 14.5 Å². The zero-order valence-electron chi connectivity index (χ0n) is 9.79. The Bertz CT molecular complexity index is 508. The highest BCUT2D eigenvalue weighted by Crippen LogP contribution is 2.28. The third-order valence-corrected chi connectivity index (χ3v) is 2.90. The molecule has 0 aliphatic carbocycles. The largest absolute Gasteiger partial charge is 0.495 e. The van der Waals surface area contributed by atoms with Crippen molar-refractivity contribution in [2.24, 2.45) is 0 Å². The van der Waals surface area contributed by atoms with Gasteiger partial charge in [0.05, 0.1) is 19.3 Å². The summed E-state index contributed by atoms with van der Waals surface area (Å²) in [6, 6.07) is 9.76. The summed E-state index contributed by atoms with van der Waals surface area (Å²) in [7, 11) is 1.66. The van der Waals surface area contributed by atoms with E-state index in [1.807, 2.05) is 37.3 Å². The lowest BCUT2D eigenvalue weighted by molar-refractivity contribution is 0.416. The van der Waals surface area contributed by atoms with Gasteiger partial charge in [0.2, 0.25) is 0 Å². The Kier molecular flexibility index (Phi) is 3.74. The molecule has 0 atom stereocenters. The molecule has 0 fully saturated rings. The minimum absolute atomic E-state index is 0.640. The van der Waals surface area contributed by atoms with Gasteiger partial charge >= 0.3 is 0 Å². The lowest BCUT2D eigenvalue weighted by Crippen LogP contribution is -2.00. The molecular weight excluding hydrogens is 282 g/mol. The van der Waals surface area contributed by atoms with E-state index in [0.29, 0.717) is 6.54 Å². The number of nitrogens with one attached hydrogen (secondary N) is 1. The van der Waals surface area contributed by atoms with Gasteiger partial charge in [-0.25, -0.2) is 0 Å². The Labute approximate surface area is 109 Å². The molecule has 2 rings (SSSR count). The van der Waals surface area contributed by atoms with Gasteiger partial charge in [-0.05, 0) is 37.3 Å². The maximum atomic E-state index is 5.49. The molecule has 3 nitrogen and oxygen atoms in total. The maximum Gasteiger partial charge on any atom is 0.142 e. The number of aryl methyl sites for hydroxylation is 1. The Morgan fingerprint density at radius 3 is 2.76 bits per heavy atom. The van der Waals surface area contributed by atoms with Gasteiger partial charge in [-0.2, -0.15) is 0 Å². The number of hydrogen-bond acceptors (Lipinski definition) is 3. The van der Waals surface area contributed by atoms with Crippen LogP contribution >= 0.6 is 15.9 Å². The number of rotatable bonds is 4. The fourth-order valence-electron chi connectivity index (χ4n) is 1.58. The van der Waals surface area contributed by atoms with Gasteiger partial charge in [0.25, 0.3) is 0 Å². The highest BCUT2D eigenvalue weighted by atomic mass is 79.9. The van der Waals surface area contributed by atoms with Crippen LogP contribution in [0.1, 0.15) is 11.5 Å². The summed E-state index contributed by atoms with van der Waals surface area (Å²) in [6.07, 6.45) is 0. The highest BCUT2D eigenvalue weighted by molar-refractivity contribution is 9.10. The van der Waals surface area contributed by atoms with Crippen molar-refractivity contribution >= 4 is 21.6 Å². The summed E-state index contributed by atoms with van der Waals surface area (Å²) in [6.45, 7) is 2.57. The van der Waals surface area contributed by atoms with Crippen LogP contribution in [0.3, 0.4) is 0 Å². The molecular formula is C13H14BrNO2. The lowest BCUT2D eigenvalue weighted by Gasteiger charge is -2.10. The zero-order chi connectivity index (χ0) is 12.3. The molecule has 0 aliphatic rings. The molecule has 17 heavy (non-hydrogen) atoms. The van der Waals surface area contributed by atoms with E-state index in [1.165, 1.54) is 0 Å². The standard InChI is InChI=1S/C13H14BrNO2/c1-9-3-5-11(17-9)8-15-12-7-10(14)4-6-13(12)16-2/h3-7,15H,8H2,1-2H3. The molecule has 1 aromatic heterocycles. The van der Waals surface area contributed by atoms with Crippen LogP contribution in [0.15, 0.2) is 39.2 Å². The minimum atomic E-state index is 0.640. The van der Waals surface area contributed by atoms with Crippen LogP contribution in [0, 0.1) is 6.92 Å². The van der Waals surface area contributed by atoms with E-state index >= 15 is 0 Å². The third-order valence-electron chi connectivity index (χ3n) is 2.41. The molecule has 0 spiro atoms. The van der Waals surface area contributed by atoms with Crippen molar-refractivity contribution < 1.29 is 9.15 Å². The van der Waals surface area contributed by atoms with Crippen LogP contribution in [-0.2, 0) is 6.54 Å². The number of methoxy groups -OCH3 is 1. The highest BCUT2D eigenvalue weighted by Gasteiger charge is 2.04. The van der Waals surface area contributed by atoms with E-state index < -0.39 is 0 Å². The van der Waals surface area contributed by atoms with Gasteiger partial charge in [0.1, 0.15) is 17.3 Å². The van der Waals surface area contributed by atoms with E-state index in [4.69, 9.17) is 9.15 Å². The Morgan fingerprint density at radius 1 is 1.29 bits per heavy atom. The van der Waals surface area contributed by atoms with Crippen LogP contribution in [-0.4, -0.2) is 7.11 Å². The molecule has 1 aromatic carbocycles. The second-order valence-electron chi connectivity index (χ2n) is 3.71. The van der Waals surface area contributed by atoms with Gasteiger partial charge in [-0.1, -0.05) is 15.9 Å². The quantitative estimate of drug-likeness (QED) is 0.927. The Morgan fingerprint density at radius 2 is 2.12 bits per heavy atom. The maximum absolute atomic E-state index is 5.49. The number of anilines is 1. The van der Waals surface area contributed by atoms with Crippen molar-refractivity contribution in [1.29, 1.82) is 0 Å². The predicted molar refractivity (Wildman–Crippen MR) is 71.5 cm³/mol. The molecule has 0 radical (unpaired) electrons. The molecule has 2 aromatic rings. The molecule has 1 N–H and O–H groups in total. The van der Waals surface area contributed by atoms with Crippen molar-refractivity contribution in [3.63, 3.8) is 0 Å². The number of halogens is 1. The predicted octanol–water partition coefficient (Wildman–Crippen LogP) is 3.97. The second-order valence-corrected chi connectivity index (χ2v) is 4.63. The van der Waals surface area contributed by atoms with E-state index in [0.717, 1.165) is 27.4 Å². The second kappa shape index (κ2) is 5.27. The van der Waals surface area contributed by atoms with Crippen molar-refractivity contribution in [1.82, 2.24) is 0 Å². The van der Waals surface area contributed by atoms with Crippen LogP contribution in [0.2, 0.25) is 0 Å². The van der Waals surface area contributed by atoms with Crippen molar-refractivity contribution in [2.45, 2.75) is 13.5 Å². The molecule has 90 valence electrons. The SMILES string of the molecule is COc1ccc(Br)cc1NCc1ccc(C)o1. The molecule has 0 saturated carbocycles. The van der Waals surface area contributed by atoms with Crippen LogP contribution in [0.4, 0.5) is 5.69 Å². The molecule has 0 saturated heterocycles. The van der Waals surface area contributed by atoms with E-state index in [9.17, 15) is 0 Å². The first-order valence-electron chi connectivity index (χ1n) is 5.32. The summed E-state index contributed by atoms with van der Waals surface area (Å²) >= 11 is 3.44. The number of hydrogen-bond donors (Lipinski definition) is 1. The fraction of sp³-hybridized carbons (Fsp3) is 0.231. The first-order chi connectivity index (χ1) is 8.19. The van der Waals surface area contributed by atoms with Gasteiger partial charge in [0.15, 0.2) is 0 Å². The van der Waals surface area contributed by atoms with Crippen molar-refractivity contribution in [3.8, 4) is 5.75 Å². The summed E-state index contributed by atoms with van der Waals surface area (Å²) in [5, 5.41) is 3.29. The minimum Gasteiger partial charge on any atom is -0.495 e. The van der Waals surface area contributed by atoms with Gasteiger partial charge in [-0.15, -0.1) is 0 Å². The van der Waals surface area contributed by atoms with Gasteiger partial charge in [-0.3, -0.25) is 0 Å². The molecule has 0 amide bonds. The van der Waals surface area contributed by atoms with E-state index in [1.54, 1.807) is 7.11 Å². The van der Waals surface area contributed by atoms with Gasteiger partial charge in [0, 0.05) is 4.47 Å². The summed E-state index contributed by atoms with van der Waals surface area (Å²) in [4.78, 5) is 0. The Balaban J connectivity index is 2.10. The van der Waals surface area contributed by atoms with E-state index in [-0.39, 0.29) is 0 Å². The summed E-state index contributed by atoms with van der Waals surface area (Å²) in [5.74, 6) is 2.64. The first-order valence-corrected chi connectivity index (χ1v) is 6.11. The molecule has 0 aliphatic heterocycles. The van der Waals surface area contributed by atoms with Crippen molar-refractivity contribution in [2.75, 3.05) is 12.4 Å². The third kappa shape index (κ3) is 3.03. The average molecular weight is 296 g/mol. The summed E-state index contributed by atoms with van der Waals surface area (Å²) < 4.78 is 11.8. The van der Waals surface area contributed by atoms with E-state index in [2.05, 4.69) is 21.2 Å². The topological polar surface area (TPSA) is 34.4 Å². The van der Waals surface area contributed by atoms with Crippen LogP contribution in [0.25, 0.3) is 0 Å². The lowest BCUT2D eigenvalue weighted by atomic mass is 10.3. The zero-order valence-corrected chi connectivity index (χ0v) is 11.4. The average Bonchev–Trinajstić information content (AvgIpc) is 2.73. The number of ether oxygens (including phenoxy) is 1. The Hall–Kier alpha value is -1.42. The van der Waals surface area contributed by atoms with Crippen molar-refractivity contribution in [3.05, 3.63) is 46.3 Å². The number of benzene rings is 1. The molecule has 0 unspecified atom stereocenters. The monoisotopic (exact) mass is 295 g/mol. The smallest absolute Gasteiger partial charge is 0.142 e. The summed E-state index contributed by atoms with van der Waals surface area (Å²) in [5.41, 5.74) is 0.941. The normalized spacial score (nSPS) is 10.3. The fourth-order valence-corrected chi connectivity index (χ4v) is 1.94.